The van der Waals surface area contributed by atoms with Crippen molar-refractivity contribution in [1.82, 2.24) is 4.31 Å². The van der Waals surface area contributed by atoms with Gasteiger partial charge in [-0.3, -0.25) is 4.79 Å². The largest absolute Gasteiger partial charge is 0.460 e. The highest BCUT2D eigenvalue weighted by molar-refractivity contribution is 7.89. The molecule has 5 nitrogen and oxygen atoms in total. The van der Waals surface area contributed by atoms with Crippen LogP contribution in [0.4, 0.5) is 0 Å². The van der Waals surface area contributed by atoms with Crippen LogP contribution in [0.3, 0.4) is 0 Å². The Morgan fingerprint density at radius 2 is 1.81 bits per heavy atom. The topological polar surface area (TPSA) is 63.7 Å². The average molecular weight is 394 g/mol. The summed E-state index contributed by atoms with van der Waals surface area (Å²) in [6.07, 6.45) is 1.08. The van der Waals surface area contributed by atoms with E-state index in [1.807, 2.05) is 31.2 Å². The molecule has 0 saturated carbocycles. The third-order valence-corrected chi connectivity index (χ3v) is 6.57. The zero-order valence-electron chi connectivity index (χ0n) is 14.4. The summed E-state index contributed by atoms with van der Waals surface area (Å²) in [6, 6.07) is 12.8. The van der Waals surface area contributed by atoms with Crippen molar-refractivity contribution in [2.45, 2.75) is 37.3 Å². The van der Waals surface area contributed by atoms with Crippen LogP contribution in [0.2, 0.25) is 5.02 Å². The van der Waals surface area contributed by atoms with Crippen LogP contribution in [0.1, 0.15) is 24.0 Å². The molecule has 1 aliphatic heterocycles. The normalized spacial score (nSPS) is 18.0. The fourth-order valence-electron chi connectivity index (χ4n) is 2.94. The van der Waals surface area contributed by atoms with Gasteiger partial charge in [0.1, 0.15) is 12.6 Å². The van der Waals surface area contributed by atoms with Gasteiger partial charge in [-0.15, -0.1) is 0 Å². The quantitative estimate of drug-likeness (QED) is 0.729. The monoisotopic (exact) mass is 393 g/mol. The molecule has 0 unspecified atom stereocenters. The Balaban J connectivity index is 1.71. The maximum atomic E-state index is 12.8. The van der Waals surface area contributed by atoms with Crippen LogP contribution in [0.15, 0.2) is 53.4 Å². The molecule has 3 rings (SSSR count). The van der Waals surface area contributed by atoms with Crippen LogP contribution in [0.5, 0.6) is 0 Å². The minimum Gasteiger partial charge on any atom is -0.460 e. The first-order chi connectivity index (χ1) is 12.4. The number of hydrogen-bond acceptors (Lipinski definition) is 4. The molecule has 26 heavy (non-hydrogen) atoms. The lowest BCUT2D eigenvalue weighted by molar-refractivity contribution is -0.148. The number of benzene rings is 2. The van der Waals surface area contributed by atoms with Gasteiger partial charge in [0.25, 0.3) is 0 Å². The molecule has 1 atom stereocenters. The van der Waals surface area contributed by atoms with Gasteiger partial charge in [-0.05, 0) is 49.6 Å². The van der Waals surface area contributed by atoms with E-state index in [1.165, 1.54) is 28.6 Å². The summed E-state index contributed by atoms with van der Waals surface area (Å²) < 4.78 is 32.3. The van der Waals surface area contributed by atoms with E-state index in [4.69, 9.17) is 16.3 Å². The second kappa shape index (κ2) is 7.78. The lowest BCUT2D eigenvalue weighted by atomic mass is 10.2. The van der Waals surface area contributed by atoms with Gasteiger partial charge >= 0.3 is 5.97 Å². The summed E-state index contributed by atoms with van der Waals surface area (Å²) in [6.45, 7) is 2.41. The highest BCUT2D eigenvalue weighted by Gasteiger charge is 2.40. The van der Waals surface area contributed by atoms with Gasteiger partial charge in [0.15, 0.2) is 0 Å². The minimum absolute atomic E-state index is 0.125. The van der Waals surface area contributed by atoms with Gasteiger partial charge < -0.3 is 4.74 Å². The van der Waals surface area contributed by atoms with E-state index >= 15 is 0 Å². The molecule has 0 radical (unpaired) electrons. The molecule has 2 aromatic carbocycles. The minimum atomic E-state index is -3.76. The number of esters is 1. The highest BCUT2D eigenvalue weighted by atomic mass is 35.5. The van der Waals surface area contributed by atoms with Crippen LogP contribution in [-0.2, 0) is 26.2 Å². The fourth-order valence-corrected chi connectivity index (χ4v) is 4.71. The van der Waals surface area contributed by atoms with Crippen molar-refractivity contribution in [3.63, 3.8) is 0 Å². The highest BCUT2D eigenvalue weighted by Crippen LogP contribution is 2.27. The van der Waals surface area contributed by atoms with E-state index in [0.29, 0.717) is 24.4 Å². The van der Waals surface area contributed by atoms with Crippen molar-refractivity contribution >= 4 is 27.6 Å². The Morgan fingerprint density at radius 3 is 2.46 bits per heavy atom. The van der Waals surface area contributed by atoms with Gasteiger partial charge in [-0.2, -0.15) is 4.31 Å². The molecule has 0 bridgehead atoms. The molecule has 1 saturated heterocycles. The lowest BCUT2D eigenvalue weighted by Gasteiger charge is -2.22. The van der Waals surface area contributed by atoms with Crippen molar-refractivity contribution in [2.75, 3.05) is 6.54 Å². The molecule has 0 N–H and O–H groups in total. The Labute approximate surface area is 158 Å². The van der Waals surface area contributed by atoms with E-state index in [2.05, 4.69) is 0 Å². The summed E-state index contributed by atoms with van der Waals surface area (Å²) in [5.41, 5.74) is 1.99. The van der Waals surface area contributed by atoms with Crippen LogP contribution < -0.4 is 0 Å². The Bertz CT molecular complexity index is 879. The average Bonchev–Trinajstić information content (AvgIpc) is 3.12. The number of sulfonamides is 1. The first-order valence-corrected chi connectivity index (χ1v) is 10.2. The molecule has 1 heterocycles. The molecule has 0 aromatic heterocycles. The molecule has 7 heteroatoms. The van der Waals surface area contributed by atoms with Gasteiger partial charge in [0.2, 0.25) is 10.0 Å². The molecule has 2 aromatic rings. The van der Waals surface area contributed by atoms with E-state index in [-0.39, 0.29) is 11.5 Å². The van der Waals surface area contributed by atoms with Gasteiger partial charge in [0.05, 0.1) is 4.90 Å². The first kappa shape index (κ1) is 18.9. The number of rotatable bonds is 5. The van der Waals surface area contributed by atoms with Gasteiger partial charge in [-0.25, -0.2) is 8.42 Å². The molecular weight excluding hydrogens is 374 g/mol. The van der Waals surface area contributed by atoms with E-state index in [1.54, 1.807) is 0 Å². The summed E-state index contributed by atoms with van der Waals surface area (Å²) in [5, 5.41) is 0.458. The van der Waals surface area contributed by atoms with Crippen molar-refractivity contribution in [2.24, 2.45) is 0 Å². The predicted molar refractivity (Wildman–Crippen MR) is 99.3 cm³/mol. The van der Waals surface area contributed by atoms with Crippen LogP contribution in [0.25, 0.3) is 0 Å². The van der Waals surface area contributed by atoms with Crippen molar-refractivity contribution < 1.29 is 17.9 Å². The van der Waals surface area contributed by atoms with Crippen molar-refractivity contribution in [3.05, 3.63) is 64.7 Å². The van der Waals surface area contributed by atoms with E-state index in [0.717, 1.165) is 11.1 Å². The van der Waals surface area contributed by atoms with Crippen molar-refractivity contribution in [1.29, 1.82) is 0 Å². The zero-order valence-corrected chi connectivity index (χ0v) is 16.0. The van der Waals surface area contributed by atoms with Gasteiger partial charge in [-0.1, -0.05) is 41.4 Å². The number of ether oxygens (including phenoxy) is 1. The predicted octanol–water partition coefficient (Wildman–Crippen LogP) is 3.54. The number of halogens is 1. The second-order valence-electron chi connectivity index (χ2n) is 6.32. The third kappa shape index (κ3) is 4.09. The zero-order chi connectivity index (χ0) is 18.7. The molecule has 0 spiro atoms. The summed E-state index contributed by atoms with van der Waals surface area (Å²) in [7, 11) is -3.76. The molecule has 0 amide bonds. The first-order valence-electron chi connectivity index (χ1n) is 8.37. The second-order valence-corrected chi connectivity index (χ2v) is 8.65. The van der Waals surface area contributed by atoms with Crippen LogP contribution in [-0.4, -0.2) is 31.3 Å². The Morgan fingerprint density at radius 1 is 1.15 bits per heavy atom. The third-order valence-electron chi connectivity index (χ3n) is 4.40. The Kier molecular flexibility index (Phi) is 5.65. The number of aryl methyl sites for hydroxylation is 1. The number of carbonyl (C=O) groups excluding carboxylic acids is 1. The van der Waals surface area contributed by atoms with E-state index < -0.39 is 22.0 Å². The molecule has 0 aliphatic carbocycles. The lowest BCUT2D eigenvalue weighted by Crippen LogP contribution is -2.41. The standard InChI is InChI=1S/C19H20ClNO4S/c1-14-4-6-15(7-5-14)13-25-19(22)18-3-2-12-21(18)26(23,24)17-10-8-16(20)9-11-17/h4-11,18H,2-3,12-13H2,1H3/t18-/m0/s1. The molecule has 1 aliphatic rings. The number of nitrogens with zero attached hydrogens (tertiary/aromatic N) is 1. The SMILES string of the molecule is Cc1ccc(COC(=O)[C@@H]2CCCN2S(=O)(=O)c2ccc(Cl)cc2)cc1. The summed E-state index contributed by atoms with van der Waals surface area (Å²) in [5.74, 6) is -0.513. The molecule has 138 valence electrons. The maximum absolute atomic E-state index is 12.8. The Hall–Kier alpha value is -1.89. The van der Waals surface area contributed by atoms with Crippen LogP contribution >= 0.6 is 11.6 Å². The smallest absolute Gasteiger partial charge is 0.324 e. The number of carbonyl (C=O) groups is 1. The summed E-state index contributed by atoms with van der Waals surface area (Å²) in [4.78, 5) is 12.6. The van der Waals surface area contributed by atoms with E-state index in [9.17, 15) is 13.2 Å². The van der Waals surface area contributed by atoms with Crippen molar-refractivity contribution in [3.8, 4) is 0 Å². The maximum Gasteiger partial charge on any atom is 0.324 e. The molecular formula is C19H20ClNO4S. The van der Waals surface area contributed by atoms with Gasteiger partial charge in [0, 0.05) is 11.6 Å². The fraction of sp³-hybridized carbons (Fsp3) is 0.316. The number of hydrogen-bond donors (Lipinski definition) is 0. The summed E-state index contributed by atoms with van der Waals surface area (Å²) >= 11 is 5.83. The van der Waals surface area contributed by atoms with Crippen LogP contribution in [0, 0.1) is 6.92 Å². The molecule has 1 fully saturated rings.